The van der Waals surface area contributed by atoms with Crippen LogP contribution in [0.15, 0.2) is 53.1 Å². The number of anilines is 1. The van der Waals surface area contributed by atoms with Crippen LogP contribution in [0.4, 0.5) is 10.2 Å². The van der Waals surface area contributed by atoms with Gasteiger partial charge in [0.1, 0.15) is 5.82 Å². The van der Waals surface area contributed by atoms with E-state index in [4.69, 9.17) is 10.3 Å². The van der Waals surface area contributed by atoms with E-state index in [-0.39, 0.29) is 11.6 Å². The van der Waals surface area contributed by atoms with Crippen molar-refractivity contribution in [3.8, 4) is 22.5 Å². The van der Waals surface area contributed by atoms with Crippen molar-refractivity contribution in [3.05, 3.63) is 57.9 Å². The zero-order valence-electron chi connectivity index (χ0n) is 10.3. The summed E-state index contributed by atoms with van der Waals surface area (Å²) in [7, 11) is 0. The van der Waals surface area contributed by atoms with Crippen LogP contribution in [-0.2, 0) is 0 Å². The summed E-state index contributed by atoms with van der Waals surface area (Å²) in [6.45, 7) is 0. The summed E-state index contributed by atoms with van der Waals surface area (Å²) in [5, 5.41) is 3.80. The largest absolute Gasteiger partial charge is 0.380 e. The minimum absolute atomic E-state index is 0.254. The Morgan fingerprint density at radius 2 is 1.80 bits per heavy atom. The van der Waals surface area contributed by atoms with Crippen molar-refractivity contribution in [1.82, 2.24) is 5.16 Å². The van der Waals surface area contributed by atoms with Gasteiger partial charge in [0.2, 0.25) is 0 Å². The summed E-state index contributed by atoms with van der Waals surface area (Å²) in [6, 6.07) is 14.0. The molecule has 0 saturated heterocycles. The average Bonchev–Trinajstić information content (AvgIpc) is 2.81. The van der Waals surface area contributed by atoms with Gasteiger partial charge in [-0.05, 0) is 52.4 Å². The average molecular weight is 380 g/mol. The molecule has 0 unspecified atom stereocenters. The van der Waals surface area contributed by atoms with Crippen molar-refractivity contribution in [2.24, 2.45) is 0 Å². The molecule has 2 aromatic carbocycles. The predicted octanol–water partition coefficient (Wildman–Crippen LogP) is 4.33. The lowest BCUT2D eigenvalue weighted by Crippen LogP contribution is -1.89. The van der Waals surface area contributed by atoms with E-state index in [1.165, 1.54) is 12.1 Å². The number of aromatic nitrogens is 1. The molecule has 0 saturated carbocycles. The normalized spacial score (nSPS) is 10.7. The lowest BCUT2D eigenvalue weighted by Gasteiger charge is -2.03. The monoisotopic (exact) mass is 380 g/mol. The van der Waals surface area contributed by atoms with Crippen LogP contribution in [0.25, 0.3) is 22.5 Å². The molecule has 3 rings (SSSR count). The molecule has 0 atom stereocenters. The first-order valence-corrected chi connectivity index (χ1v) is 7.00. The molecule has 0 fully saturated rings. The van der Waals surface area contributed by atoms with Crippen LogP contribution in [0.3, 0.4) is 0 Å². The smallest absolute Gasteiger partial charge is 0.176 e. The van der Waals surface area contributed by atoms with Gasteiger partial charge in [0, 0.05) is 9.13 Å². The lowest BCUT2D eigenvalue weighted by atomic mass is 10.0. The molecule has 0 amide bonds. The number of nitrogen functional groups attached to an aromatic ring is 1. The number of nitrogens with zero attached hydrogens (tertiary/aromatic N) is 1. The van der Waals surface area contributed by atoms with E-state index in [0.717, 1.165) is 9.13 Å². The Kier molecular flexibility index (Phi) is 3.43. The molecule has 20 heavy (non-hydrogen) atoms. The van der Waals surface area contributed by atoms with Crippen molar-refractivity contribution in [2.75, 3.05) is 5.73 Å². The molecule has 3 nitrogen and oxygen atoms in total. The molecule has 0 radical (unpaired) electrons. The predicted molar refractivity (Wildman–Crippen MR) is 84.5 cm³/mol. The van der Waals surface area contributed by atoms with Crippen LogP contribution >= 0.6 is 22.6 Å². The Hall–Kier alpha value is -1.89. The van der Waals surface area contributed by atoms with Gasteiger partial charge >= 0.3 is 0 Å². The molecule has 5 heteroatoms. The molecule has 0 aliphatic carbocycles. The second-order valence-electron chi connectivity index (χ2n) is 4.29. The fraction of sp³-hybridized carbons (Fsp3) is 0. The molecule has 0 spiro atoms. The number of benzene rings is 2. The third-order valence-corrected chi connectivity index (χ3v) is 3.66. The van der Waals surface area contributed by atoms with E-state index in [0.29, 0.717) is 16.9 Å². The molecule has 0 aliphatic rings. The van der Waals surface area contributed by atoms with Crippen molar-refractivity contribution in [1.29, 1.82) is 0 Å². The second kappa shape index (κ2) is 5.24. The zero-order valence-corrected chi connectivity index (χ0v) is 12.5. The molecule has 0 aliphatic heterocycles. The van der Waals surface area contributed by atoms with Gasteiger partial charge in [0.05, 0.1) is 5.56 Å². The van der Waals surface area contributed by atoms with Gasteiger partial charge in [0.15, 0.2) is 11.6 Å². The number of nitrogens with two attached hydrogens (primary N) is 1. The fourth-order valence-electron chi connectivity index (χ4n) is 2.02. The fourth-order valence-corrected chi connectivity index (χ4v) is 2.38. The van der Waals surface area contributed by atoms with E-state index >= 15 is 0 Å². The molecule has 2 N–H and O–H groups in total. The quantitative estimate of drug-likeness (QED) is 0.674. The van der Waals surface area contributed by atoms with Gasteiger partial charge in [-0.25, -0.2) is 4.39 Å². The van der Waals surface area contributed by atoms with E-state index < -0.39 is 0 Å². The highest BCUT2D eigenvalue weighted by Gasteiger charge is 2.17. The molecule has 3 aromatic rings. The minimum atomic E-state index is -0.323. The summed E-state index contributed by atoms with van der Waals surface area (Å²) < 4.78 is 19.8. The van der Waals surface area contributed by atoms with E-state index in [1.807, 2.05) is 24.3 Å². The van der Waals surface area contributed by atoms with Gasteiger partial charge in [-0.2, -0.15) is 0 Å². The molecule has 100 valence electrons. The molecular formula is C15H10FIN2O. The van der Waals surface area contributed by atoms with Crippen LogP contribution in [0.1, 0.15) is 0 Å². The Balaban J connectivity index is 2.17. The molecular weight excluding hydrogens is 370 g/mol. The highest BCUT2D eigenvalue weighted by Crippen LogP contribution is 2.36. The van der Waals surface area contributed by atoms with Crippen LogP contribution < -0.4 is 5.73 Å². The highest BCUT2D eigenvalue weighted by atomic mass is 127. The minimum Gasteiger partial charge on any atom is -0.380 e. The summed E-state index contributed by atoms with van der Waals surface area (Å²) >= 11 is 2.23. The molecule has 1 aromatic heterocycles. The number of halogens is 2. The number of hydrogen-bond acceptors (Lipinski definition) is 3. The Bertz CT molecular complexity index is 753. The van der Waals surface area contributed by atoms with Crippen molar-refractivity contribution in [2.45, 2.75) is 0 Å². The number of hydrogen-bond donors (Lipinski definition) is 1. The summed E-state index contributed by atoms with van der Waals surface area (Å²) in [5.41, 5.74) is 7.98. The van der Waals surface area contributed by atoms with Gasteiger partial charge in [-0.15, -0.1) is 0 Å². The van der Waals surface area contributed by atoms with Gasteiger partial charge in [-0.1, -0.05) is 29.4 Å². The Morgan fingerprint density at radius 3 is 2.50 bits per heavy atom. The molecule has 0 bridgehead atoms. The third-order valence-electron chi connectivity index (χ3n) is 2.94. The maximum atomic E-state index is 13.4. The van der Waals surface area contributed by atoms with Gasteiger partial charge < -0.3 is 10.3 Å². The van der Waals surface area contributed by atoms with Crippen molar-refractivity contribution < 1.29 is 8.91 Å². The maximum absolute atomic E-state index is 13.4. The van der Waals surface area contributed by atoms with Crippen LogP contribution in [-0.4, -0.2) is 5.16 Å². The Labute approximate surface area is 128 Å². The molecule has 1 heterocycles. The highest BCUT2D eigenvalue weighted by molar-refractivity contribution is 14.1. The van der Waals surface area contributed by atoms with E-state index in [1.54, 1.807) is 12.1 Å². The van der Waals surface area contributed by atoms with Crippen LogP contribution in [0.2, 0.25) is 0 Å². The van der Waals surface area contributed by atoms with E-state index in [9.17, 15) is 4.39 Å². The number of rotatable bonds is 2. The third kappa shape index (κ3) is 2.40. The first-order chi connectivity index (χ1) is 9.65. The van der Waals surface area contributed by atoms with Gasteiger partial charge in [0.25, 0.3) is 0 Å². The zero-order chi connectivity index (χ0) is 14.1. The summed E-state index contributed by atoms with van der Waals surface area (Å²) in [5.74, 6) is 0.477. The van der Waals surface area contributed by atoms with Crippen molar-refractivity contribution >= 4 is 28.4 Å². The van der Waals surface area contributed by atoms with Crippen LogP contribution in [0.5, 0.6) is 0 Å². The summed E-state index contributed by atoms with van der Waals surface area (Å²) in [6.07, 6.45) is 0. The lowest BCUT2D eigenvalue weighted by molar-refractivity contribution is 0.436. The topological polar surface area (TPSA) is 52.0 Å². The van der Waals surface area contributed by atoms with Gasteiger partial charge in [-0.3, -0.25) is 0 Å². The van der Waals surface area contributed by atoms with Crippen molar-refractivity contribution in [3.63, 3.8) is 0 Å². The SMILES string of the molecule is Nc1noc(-c2ccc(I)cc2)c1-c1cccc(F)c1. The van der Waals surface area contributed by atoms with E-state index in [2.05, 4.69) is 27.7 Å². The summed E-state index contributed by atoms with van der Waals surface area (Å²) in [4.78, 5) is 0. The first-order valence-electron chi connectivity index (χ1n) is 5.92. The second-order valence-corrected chi connectivity index (χ2v) is 5.53. The van der Waals surface area contributed by atoms with Crippen LogP contribution in [0, 0.1) is 9.39 Å². The standard InChI is InChI=1S/C15H10FIN2O/c16-11-3-1-2-10(8-11)13-14(20-19-15(13)18)9-4-6-12(17)7-5-9/h1-8H,(H2,18,19). The maximum Gasteiger partial charge on any atom is 0.176 e. The Morgan fingerprint density at radius 1 is 1.05 bits per heavy atom. The first kappa shape index (κ1) is 13.1.